The minimum atomic E-state index is -0.789. The van der Waals surface area contributed by atoms with E-state index >= 15 is 0 Å². The van der Waals surface area contributed by atoms with E-state index in [2.05, 4.69) is 10.6 Å². The molecule has 0 radical (unpaired) electrons. The van der Waals surface area contributed by atoms with E-state index in [0.717, 1.165) is 12.0 Å². The molecule has 1 aromatic carbocycles. The van der Waals surface area contributed by atoms with Crippen LogP contribution >= 0.6 is 12.2 Å². The lowest BCUT2D eigenvalue weighted by atomic mass is 9.86. The zero-order chi connectivity index (χ0) is 22.1. The summed E-state index contributed by atoms with van der Waals surface area (Å²) >= 11 is 5.41. The summed E-state index contributed by atoms with van der Waals surface area (Å²) in [6, 6.07) is 8.57. The first-order valence-corrected chi connectivity index (χ1v) is 11.5. The number of thiocarbonyl (C=S) groups is 1. The molecule has 2 N–H and O–H groups in total. The number of esters is 1. The molecule has 1 unspecified atom stereocenters. The largest absolute Gasteiger partial charge is 0.461 e. The lowest BCUT2D eigenvalue weighted by Gasteiger charge is -2.36. The average molecular weight is 446 g/mol. The average Bonchev–Trinajstić information content (AvgIpc) is 2.79. The molecule has 7 nitrogen and oxygen atoms in total. The van der Waals surface area contributed by atoms with Gasteiger partial charge in [-0.2, -0.15) is 0 Å². The number of hydrogen-bond donors (Lipinski definition) is 2. The Morgan fingerprint density at radius 1 is 1.16 bits per heavy atom. The van der Waals surface area contributed by atoms with Gasteiger partial charge in [-0.1, -0.05) is 62.4 Å². The molecule has 1 aliphatic carbocycles. The van der Waals surface area contributed by atoms with E-state index in [1.54, 1.807) is 4.90 Å². The molecule has 2 amide bonds. The van der Waals surface area contributed by atoms with Crippen LogP contribution in [0.25, 0.3) is 0 Å². The van der Waals surface area contributed by atoms with Gasteiger partial charge in [-0.15, -0.1) is 0 Å². The molecule has 1 saturated heterocycles. The van der Waals surface area contributed by atoms with Gasteiger partial charge in [-0.05, 0) is 30.1 Å². The predicted molar refractivity (Wildman–Crippen MR) is 121 cm³/mol. The summed E-state index contributed by atoms with van der Waals surface area (Å²) in [6.45, 7) is 0.993. The molecule has 0 bridgehead atoms. The monoisotopic (exact) mass is 445 g/mol. The van der Waals surface area contributed by atoms with Crippen molar-refractivity contribution in [2.24, 2.45) is 5.92 Å². The van der Waals surface area contributed by atoms with Gasteiger partial charge in [0, 0.05) is 19.5 Å². The molecule has 1 heterocycles. The second-order valence-corrected chi connectivity index (χ2v) is 8.63. The number of ether oxygens (including phenoxy) is 1. The second kappa shape index (κ2) is 11.8. The third-order valence-electron chi connectivity index (χ3n) is 5.95. The Bertz CT molecular complexity index is 780. The van der Waals surface area contributed by atoms with Crippen molar-refractivity contribution in [2.75, 3.05) is 13.1 Å². The van der Waals surface area contributed by atoms with Gasteiger partial charge in [-0.25, -0.2) is 0 Å². The van der Waals surface area contributed by atoms with Crippen molar-refractivity contribution in [2.45, 2.75) is 64.0 Å². The van der Waals surface area contributed by atoms with Gasteiger partial charge < -0.3 is 20.3 Å². The topological polar surface area (TPSA) is 87.7 Å². The lowest BCUT2D eigenvalue weighted by molar-refractivity contribution is -0.148. The predicted octanol–water partition coefficient (Wildman–Crippen LogP) is 2.68. The van der Waals surface area contributed by atoms with Crippen LogP contribution in [0.5, 0.6) is 0 Å². The number of benzene rings is 1. The molecule has 3 rings (SSSR count). The van der Waals surface area contributed by atoms with E-state index in [4.69, 9.17) is 17.0 Å². The van der Waals surface area contributed by atoms with Crippen LogP contribution in [0.1, 0.15) is 56.9 Å². The second-order valence-electron chi connectivity index (χ2n) is 8.25. The number of piperazine rings is 1. The van der Waals surface area contributed by atoms with Gasteiger partial charge in [0.1, 0.15) is 12.6 Å². The summed E-state index contributed by atoms with van der Waals surface area (Å²) in [6.07, 6.45) is 7.33. The van der Waals surface area contributed by atoms with Gasteiger partial charge in [0.25, 0.3) is 0 Å². The maximum atomic E-state index is 12.4. The molecule has 0 aromatic heterocycles. The van der Waals surface area contributed by atoms with E-state index in [1.165, 1.54) is 32.1 Å². The number of amides is 2. The van der Waals surface area contributed by atoms with Crippen LogP contribution in [0.4, 0.5) is 0 Å². The Kier molecular flexibility index (Phi) is 8.82. The Labute approximate surface area is 188 Å². The standard InChI is InChI=1S/C23H31N3O4S/c27-20(12-11-17-7-3-1-4-8-17)25-23(31)26-14-13-24-22(29)19(26)15-21(28)30-16-18-9-5-2-6-10-18/h2,5-6,9-10,17,19H,1,3-4,7-8,11-16H2,(H,24,29)(H,25,27,31). The number of carbonyl (C=O) groups is 3. The number of nitrogens with zero attached hydrogens (tertiary/aromatic N) is 1. The van der Waals surface area contributed by atoms with E-state index in [1.807, 2.05) is 30.3 Å². The van der Waals surface area contributed by atoms with Crippen molar-refractivity contribution < 1.29 is 19.1 Å². The highest BCUT2D eigenvalue weighted by Gasteiger charge is 2.34. The fraction of sp³-hybridized carbons (Fsp3) is 0.565. The summed E-state index contributed by atoms with van der Waals surface area (Å²) in [5.41, 5.74) is 0.876. The molecule has 0 spiro atoms. The Morgan fingerprint density at radius 3 is 2.65 bits per heavy atom. The Morgan fingerprint density at radius 2 is 1.90 bits per heavy atom. The van der Waals surface area contributed by atoms with Crippen molar-refractivity contribution in [3.63, 3.8) is 0 Å². The maximum absolute atomic E-state index is 12.4. The first-order chi connectivity index (χ1) is 15.0. The smallest absolute Gasteiger partial charge is 0.308 e. The van der Waals surface area contributed by atoms with Crippen LogP contribution < -0.4 is 10.6 Å². The highest BCUT2D eigenvalue weighted by atomic mass is 32.1. The highest BCUT2D eigenvalue weighted by Crippen LogP contribution is 2.27. The molecular formula is C23H31N3O4S. The van der Waals surface area contributed by atoms with Crippen LogP contribution in [-0.4, -0.2) is 46.9 Å². The molecule has 1 aromatic rings. The van der Waals surface area contributed by atoms with Crippen LogP contribution in [0.15, 0.2) is 30.3 Å². The van der Waals surface area contributed by atoms with Gasteiger partial charge in [0.2, 0.25) is 11.8 Å². The molecule has 2 aliphatic rings. The Balaban J connectivity index is 1.48. The van der Waals surface area contributed by atoms with Crippen LogP contribution in [0, 0.1) is 5.92 Å². The van der Waals surface area contributed by atoms with Gasteiger partial charge in [0.05, 0.1) is 6.42 Å². The number of hydrogen-bond acceptors (Lipinski definition) is 5. The van der Waals surface area contributed by atoms with Gasteiger partial charge in [-0.3, -0.25) is 14.4 Å². The SMILES string of the molecule is O=C(CCC1CCCCC1)NC(=S)N1CCNC(=O)C1CC(=O)OCc1ccccc1. The van der Waals surface area contributed by atoms with Crippen LogP contribution in [-0.2, 0) is 25.7 Å². The summed E-state index contributed by atoms with van der Waals surface area (Å²) in [7, 11) is 0. The van der Waals surface area contributed by atoms with E-state index in [9.17, 15) is 14.4 Å². The number of nitrogens with one attached hydrogen (secondary N) is 2. The minimum absolute atomic E-state index is 0.128. The van der Waals surface area contributed by atoms with Crippen molar-refractivity contribution >= 4 is 35.1 Å². The lowest BCUT2D eigenvalue weighted by Crippen LogP contribution is -2.60. The maximum Gasteiger partial charge on any atom is 0.308 e. The zero-order valence-electron chi connectivity index (χ0n) is 17.8. The van der Waals surface area contributed by atoms with Crippen molar-refractivity contribution in [1.82, 2.24) is 15.5 Å². The first-order valence-electron chi connectivity index (χ1n) is 11.1. The van der Waals surface area contributed by atoms with Crippen molar-refractivity contribution in [1.29, 1.82) is 0 Å². The number of carbonyl (C=O) groups excluding carboxylic acids is 3. The third-order valence-corrected chi connectivity index (χ3v) is 6.28. The van der Waals surface area contributed by atoms with Crippen LogP contribution in [0.2, 0.25) is 0 Å². The third kappa shape index (κ3) is 7.31. The minimum Gasteiger partial charge on any atom is -0.461 e. The summed E-state index contributed by atoms with van der Waals surface area (Å²) in [5.74, 6) is -0.294. The van der Waals surface area contributed by atoms with E-state index in [0.29, 0.717) is 25.4 Å². The number of rotatable bonds is 7. The zero-order valence-corrected chi connectivity index (χ0v) is 18.6. The van der Waals surface area contributed by atoms with E-state index < -0.39 is 12.0 Å². The van der Waals surface area contributed by atoms with Gasteiger partial charge in [0.15, 0.2) is 5.11 Å². The normalized spacial score (nSPS) is 19.4. The molecule has 1 aliphatic heterocycles. The molecule has 2 fully saturated rings. The molecule has 168 valence electrons. The molecule has 1 atom stereocenters. The molecular weight excluding hydrogens is 414 g/mol. The quantitative estimate of drug-likeness (QED) is 0.496. The first kappa shape index (κ1) is 23.2. The summed E-state index contributed by atoms with van der Waals surface area (Å²) < 4.78 is 5.32. The molecule has 1 saturated carbocycles. The van der Waals surface area contributed by atoms with Crippen molar-refractivity contribution in [3.8, 4) is 0 Å². The fourth-order valence-electron chi connectivity index (χ4n) is 4.18. The fourth-order valence-corrected chi connectivity index (χ4v) is 4.51. The Hall–Kier alpha value is -2.48. The molecule has 31 heavy (non-hydrogen) atoms. The van der Waals surface area contributed by atoms with Crippen LogP contribution in [0.3, 0.4) is 0 Å². The van der Waals surface area contributed by atoms with E-state index in [-0.39, 0.29) is 30.0 Å². The van der Waals surface area contributed by atoms with Gasteiger partial charge >= 0.3 is 5.97 Å². The summed E-state index contributed by atoms with van der Waals surface area (Å²) in [4.78, 5) is 38.8. The van der Waals surface area contributed by atoms with Crippen molar-refractivity contribution in [3.05, 3.63) is 35.9 Å². The summed E-state index contributed by atoms with van der Waals surface area (Å²) in [5, 5.41) is 5.71. The highest BCUT2D eigenvalue weighted by molar-refractivity contribution is 7.80. The molecule has 8 heteroatoms.